The number of nitrogens with one attached hydrogen (secondary N) is 1. The fraction of sp³-hybridized carbons (Fsp3) is 0.640. The van der Waals surface area contributed by atoms with Gasteiger partial charge in [0.05, 0.1) is 11.6 Å². The van der Waals surface area contributed by atoms with Crippen molar-refractivity contribution in [1.29, 1.82) is 0 Å². The average Bonchev–Trinajstić information content (AvgIpc) is 2.73. The summed E-state index contributed by atoms with van der Waals surface area (Å²) in [7, 11) is 3.14. The molecule has 36 heavy (non-hydrogen) atoms. The van der Waals surface area contributed by atoms with E-state index in [0.717, 1.165) is 25.0 Å². The minimum atomic E-state index is -4.47. The summed E-state index contributed by atoms with van der Waals surface area (Å²) in [6.07, 6.45) is -1.36. The van der Waals surface area contributed by atoms with E-state index in [1.165, 1.54) is 29.0 Å². The molecule has 0 aromatic heterocycles. The van der Waals surface area contributed by atoms with Crippen LogP contribution in [0, 0.1) is 0 Å². The molecule has 1 aliphatic heterocycles. The lowest BCUT2D eigenvalue weighted by molar-refractivity contribution is -0.159. The van der Waals surface area contributed by atoms with Crippen LogP contribution in [-0.2, 0) is 31.7 Å². The second-order valence-electron chi connectivity index (χ2n) is 9.92. The van der Waals surface area contributed by atoms with Crippen LogP contribution < -0.4 is 5.32 Å². The summed E-state index contributed by atoms with van der Waals surface area (Å²) in [5, 5.41) is 3.01. The number of likely N-dealkylation sites (tertiary alicyclic amines) is 1. The number of halogens is 4. The van der Waals surface area contributed by atoms with Crippen LogP contribution in [0.5, 0.6) is 0 Å². The lowest BCUT2D eigenvalue weighted by atomic mass is 9.97. The van der Waals surface area contributed by atoms with Gasteiger partial charge in [-0.25, -0.2) is 0 Å². The van der Waals surface area contributed by atoms with Gasteiger partial charge in [0.1, 0.15) is 18.2 Å². The van der Waals surface area contributed by atoms with Crippen molar-refractivity contribution in [2.45, 2.75) is 76.7 Å². The molecular formula is C25H37ClF3N3O4. The Kier molecular flexibility index (Phi) is 11.7. The van der Waals surface area contributed by atoms with Crippen molar-refractivity contribution in [3.8, 4) is 0 Å². The van der Waals surface area contributed by atoms with Gasteiger partial charge in [-0.3, -0.25) is 14.4 Å². The smallest absolute Gasteiger partial charge is 0.416 e. The van der Waals surface area contributed by atoms with Crippen molar-refractivity contribution >= 4 is 30.2 Å². The summed E-state index contributed by atoms with van der Waals surface area (Å²) >= 11 is 0. The standard InChI is InChI=1S/C25H36F3N3O4.ClH/c1-24(2,3)35-21(32)16-30(5)23(34)20(15-17-10-12-18(13-11-17)25(26,27)28)31-14-8-6-7-9-19(29-4)22(31)33;/h10-13,19-20,29H,6-9,14-16H2,1-5H3;1H/t19-,20-;/m0./s1. The third-order valence-corrected chi connectivity index (χ3v) is 5.86. The summed E-state index contributed by atoms with van der Waals surface area (Å²) in [5.41, 5.74) is -1.03. The van der Waals surface area contributed by atoms with Crippen LogP contribution in [0.1, 0.15) is 57.6 Å². The first-order valence-electron chi connectivity index (χ1n) is 11.8. The Hall–Kier alpha value is -2.33. The van der Waals surface area contributed by atoms with Gasteiger partial charge >= 0.3 is 12.1 Å². The molecule has 11 heteroatoms. The number of carbonyl (C=O) groups is 3. The van der Waals surface area contributed by atoms with Crippen LogP contribution >= 0.6 is 12.4 Å². The maximum Gasteiger partial charge on any atom is 0.416 e. The topological polar surface area (TPSA) is 79.0 Å². The highest BCUT2D eigenvalue weighted by Gasteiger charge is 2.36. The SMILES string of the molecule is CN[C@H]1CCCCCN([C@@H](Cc2ccc(C(F)(F)F)cc2)C(=O)N(C)CC(=O)OC(C)(C)C)C1=O.Cl. The molecule has 1 heterocycles. The van der Waals surface area contributed by atoms with E-state index in [-0.39, 0.29) is 31.3 Å². The van der Waals surface area contributed by atoms with E-state index in [1.54, 1.807) is 27.8 Å². The Labute approximate surface area is 217 Å². The Morgan fingerprint density at radius 2 is 1.75 bits per heavy atom. The zero-order chi connectivity index (χ0) is 26.4. The van der Waals surface area contributed by atoms with E-state index in [4.69, 9.17) is 4.74 Å². The third kappa shape index (κ3) is 9.28. The predicted octanol–water partition coefficient (Wildman–Crippen LogP) is 3.83. The van der Waals surface area contributed by atoms with E-state index in [0.29, 0.717) is 24.9 Å². The minimum Gasteiger partial charge on any atom is -0.459 e. The number of likely N-dealkylation sites (N-methyl/N-ethyl adjacent to an activating group) is 2. The molecule has 2 atom stereocenters. The van der Waals surface area contributed by atoms with Gasteiger partial charge in [-0.2, -0.15) is 13.2 Å². The van der Waals surface area contributed by atoms with Gasteiger partial charge in [-0.05, 0) is 58.4 Å². The van der Waals surface area contributed by atoms with Crippen molar-refractivity contribution in [2.24, 2.45) is 0 Å². The number of hydrogen-bond acceptors (Lipinski definition) is 5. The average molecular weight is 536 g/mol. The van der Waals surface area contributed by atoms with Gasteiger partial charge in [0, 0.05) is 20.0 Å². The Balaban J connectivity index is 0.00000648. The molecule has 0 spiro atoms. The molecule has 0 bridgehead atoms. The van der Waals surface area contributed by atoms with Crippen LogP contribution in [0.15, 0.2) is 24.3 Å². The molecule has 0 unspecified atom stereocenters. The highest BCUT2D eigenvalue weighted by molar-refractivity contribution is 5.91. The van der Waals surface area contributed by atoms with Crippen LogP contribution in [0.25, 0.3) is 0 Å². The zero-order valence-electron chi connectivity index (χ0n) is 21.5. The molecule has 1 saturated heterocycles. The number of carbonyl (C=O) groups excluding carboxylic acids is 3. The first-order chi connectivity index (χ1) is 16.2. The normalized spacial score (nSPS) is 17.9. The van der Waals surface area contributed by atoms with Crippen LogP contribution in [0.2, 0.25) is 0 Å². The Bertz CT molecular complexity index is 888. The minimum absolute atomic E-state index is 0. The lowest BCUT2D eigenvalue weighted by Gasteiger charge is -2.37. The first kappa shape index (κ1) is 31.7. The number of nitrogens with zero attached hydrogens (tertiary/aromatic N) is 2. The molecule has 1 fully saturated rings. The van der Waals surface area contributed by atoms with Crippen molar-refractivity contribution < 1.29 is 32.3 Å². The number of alkyl halides is 3. The van der Waals surface area contributed by atoms with Crippen molar-refractivity contribution in [2.75, 3.05) is 27.2 Å². The molecule has 0 aliphatic carbocycles. The maximum atomic E-state index is 13.5. The molecule has 1 aromatic carbocycles. The van der Waals surface area contributed by atoms with Gasteiger partial charge in [0.2, 0.25) is 11.8 Å². The van der Waals surface area contributed by atoms with Crippen molar-refractivity contribution in [3.05, 3.63) is 35.4 Å². The summed E-state index contributed by atoms with van der Waals surface area (Å²) in [6.45, 7) is 5.19. The quantitative estimate of drug-likeness (QED) is 0.537. The fourth-order valence-corrected chi connectivity index (χ4v) is 4.10. The molecule has 204 valence electrons. The Morgan fingerprint density at radius 3 is 2.28 bits per heavy atom. The third-order valence-electron chi connectivity index (χ3n) is 5.86. The summed E-state index contributed by atoms with van der Waals surface area (Å²) < 4.78 is 44.3. The van der Waals surface area contributed by atoms with E-state index in [1.807, 2.05) is 0 Å². The van der Waals surface area contributed by atoms with Crippen LogP contribution in [0.3, 0.4) is 0 Å². The number of rotatable bonds is 7. The Morgan fingerprint density at radius 1 is 1.14 bits per heavy atom. The fourth-order valence-electron chi connectivity index (χ4n) is 4.10. The lowest BCUT2D eigenvalue weighted by Crippen LogP contribution is -2.57. The molecule has 2 amide bonds. The molecular weight excluding hydrogens is 499 g/mol. The van der Waals surface area contributed by atoms with Crippen LogP contribution in [-0.4, -0.2) is 72.5 Å². The second kappa shape index (κ2) is 13.3. The molecule has 7 nitrogen and oxygen atoms in total. The molecule has 1 aliphatic rings. The van der Waals surface area contributed by atoms with E-state index in [2.05, 4.69) is 5.32 Å². The largest absolute Gasteiger partial charge is 0.459 e. The summed E-state index contributed by atoms with van der Waals surface area (Å²) in [5.74, 6) is -1.30. The summed E-state index contributed by atoms with van der Waals surface area (Å²) in [6, 6.07) is 3.14. The monoisotopic (exact) mass is 535 g/mol. The van der Waals surface area contributed by atoms with Gasteiger partial charge < -0.3 is 19.9 Å². The van der Waals surface area contributed by atoms with Gasteiger partial charge in [-0.15, -0.1) is 12.4 Å². The molecule has 0 saturated carbocycles. The van der Waals surface area contributed by atoms with Crippen LogP contribution in [0.4, 0.5) is 13.2 Å². The van der Waals surface area contributed by atoms with E-state index in [9.17, 15) is 27.6 Å². The van der Waals surface area contributed by atoms with Crippen molar-refractivity contribution in [3.63, 3.8) is 0 Å². The highest BCUT2D eigenvalue weighted by Crippen LogP contribution is 2.29. The van der Waals surface area contributed by atoms with Gasteiger partial charge in [0.15, 0.2) is 0 Å². The van der Waals surface area contributed by atoms with Crippen molar-refractivity contribution in [1.82, 2.24) is 15.1 Å². The molecule has 0 radical (unpaired) electrons. The van der Waals surface area contributed by atoms with Gasteiger partial charge in [0.25, 0.3) is 0 Å². The first-order valence-corrected chi connectivity index (χ1v) is 11.8. The zero-order valence-corrected chi connectivity index (χ0v) is 22.3. The number of benzene rings is 1. The molecule has 1 N–H and O–H groups in total. The number of esters is 1. The molecule has 1 aromatic rings. The van der Waals surface area contributed by atoms with Gasteiger partial charge in [-0.1, -0.05) is 25.0 Å². The number of amides is 2. The van der Waals surface area contributed by atoms with E-state index < -0.39 is 41.3 Å². The number of hydrogen-bond donors (Lipinski definition) is 1. The second-order valence-corrected chi connectivity index (χ2v) is 9.92. The summed E-state index contributed by atoms with van der Waals surface area (Å²) in [4.78, 5) is 41.9. The predicted molar refractivity (Wildman–Crippen MR) is 133 cm³/mol. The molecule has 2 rings (SSSR count). The van der Waals surface area contributed by atoms with E-state index >= 15 is 0 Å². The maximum absolute atomic E-state index is 13.5. The highest BCUT2D eigenvalue weighted by atomic mass is 35.5. The number of ether oxygens (including phenoxy) is 1.